The van der Waals surface area contributed by atoms with E-state index in [0.29, 0.717) is 5.69 Å². The van der Waals surface area contributed by atoms with E-state index in [1.165, 1.54) is 11.3 Å². The van der Waals surface area contributed by atoms with Crippen LogP contribution in [0.4, 0.5) is 0 Å². The molecule has 2 atom stereocenters. The van der Waals surface area contributed by atoms with Crippen LogP contribution in [0.1, 0.15) is 10.5 Å². The second-order valence-corrected chi connectivity index (χ2v) is 4.10. The van der Waals surface area contributed by atoms with Gasteiger partial charge >= 0.3 is 0 Å². The zero-order valence-electron chi connectivity index (χ0n) is 9.21. The van der Waals surface area contributed by atoms with E-state index in [2.05, 4.69) is 15.6 Å². The van der Waals surface area contributed by atoms with Gasteiger partial charge < -0.3 is 15.4 Å². The van der Waals surface area contributed by atoms with Gasteiger partial charge in [-0.25, -0.2) is 4.98 Å². The number of rotatable bonds is 3. The van der Waals surface area contributed by atoms with Crippen molar-refractivity contribution in [2.75, 3.05) is 20.2 Å². The summed E-state index contributed by atoms with van der Waals surface area (Å²) in [6.45, 7) is 1.52. The Kier molecular flexibility index (Phi) is 7.65. The Hall–Kier alpha value is -0.400. The van der Waals surface area contributed by atoms with Crippen LogP contribution in [0.5, 0.6) is 0 Å². The van der Waals surface area contributed by atoms with Gasteiger partial charge in [-0.05, 0) is 0 Å². The van der Waals surface area contributed by atoms with E-state index in [-0.39, 0.29) is 42.9 Å². The van der Waals surface area contributed by atoms with Crippen molar-refractivity contribution in [3.63, 3.8) is 0 Å². The normalized spacial score (nSPS) is 22.4. The maximum atomic E-state index is 11.7. The van der Waals surface area contributed by atoms with Crippen molar-refractivity contribution in [1.82, 2.24) is 15.6 Å². The van der Waals surface area contributed by atoms with Crippen LogP contribution >= 0.6 is 36.2 Å². The number of halogens is 2. The molecule has 1 aromatic rings. The highest BCUT2D eigenvalue weighted by molar-refractivity contribution is 7.07. The van der Waals surface area contributed by atoms with Crippen LogP contribution in [0.3, 0.4) is 0 Å². The number of nitrogens with one attached hydrogen (secondary N) is 2. The third kappa shape index (κ3) is 4.08. The molecule has 2 unspecified atom stereocenters. The van der Waals surface area contributed by atoms with Crippen molar-refractivity contribution in [2.24, 2.45) is 0 Å². The number of hydrogen-bond donors (Lipinski definition) is 2. The average molecular weight is 300 g/mol. The number of ether oxygens (including phenoxy) is 1. The Bertz CT molecular complexity index is 337. The average Bonchev–Trinajstić information content (AvgIpc) is 2.87. The molecule has 2 rings (SSSR count). The van der Waals surface area contributed by atoms with E-state index >= 15 is 0 Å². The molecule has 1 aliphatic rings. The lowest BCUT2D eigenvalue weighted by Crippen LogP contribution is -2.43. The van der Waals surface area contributed by atoms with Crippen molar-refractivity contribution >= 4 is 42.1 Å². The smallest absolute Gasteiger partial charge is 0.271 e. The number of carbonyl (C=O) groups is 1. The summed E-state index contributed by atoms with van der Waals surface area (Å²) < 4.78 is 5.25. The van der Waals surface area contributed by atoms with Gasteiger partial charge in [0.2, 0.25) is 0 Å². The lowest BCUT2D eigenvalue weighted by Gasteiger charge is -2.17. The Balaban J connectivity index is 0.00000128. The van der Waals surface area contributed by atoms with Crippen LogP contribution in [0.15, 0.2) is 10.9 Å². The number of aromatic nitrogens is 1. The molecular formula is C9H15Cl2N3O2S. The minimum atomic E-state index is -0.132. The van der Waals surface area contributed by atoms with Crippen LogP contribution < -0.4 is 10.6 Å². The van der Waals surface area contributed by atoms with Crippen LogP contribution in [-0.4, -0.2) is 43.2 Å². The molecule has 1 aromatic heterocycles. The summed E-state index contributed by atoms with van der Waals surface area (Å²) in [5, 5.41) is 7.80. The fourth-order valence-electron chi connectivity index (χ4n) is 1.61. The van der Waals surface area contributed by atoms with Crippen LogP contribution in [0.25, 0.3) is 0 Å². The molecule has 8 heteroatoms. The Labute approximate surface area is 116 Å². The Morgan fingerprint density at radius 3 is 2.94 bits per heavy atom. The molecule has 1 aliphatic heterocycles. The second kappa shape index (κ2) is 7.84. The van der Waals surface area contributed by atoms with Gasteiger partial charge in [0.25, 0.3) is 5.91 Å². The summed E-state index contributed by atoms with van der Waals surface area (Å²) in [5.41, 5.74) is 2.12. The third-order valence-corrected chi connectivity index (χ3v) is 3.03. The number of carbonyl (C=O) groups excluding carboxylic acids is 1. The first-order valence-corrected chi connectivity index (χ1v) is 5.68. The molecular weight excluding hydrogens is 285 g/mol. The maximum Gasteiger partial charge on any atom is 0.271 e. The monoisotopic (exact) mass is 299 g/mol. The molecule has 0 aliphatic carbocycles. The molecule has 0 spiro atoms. The molecule has 17 heavy (non-hydrogen) atoms. The van der Waals surface area contributed by atoms with E-state index in [1.54, 1.807) is 18.0 Å². The molecule has 1 saturated heterocycles. The molecule has 1 fully saturated rings. The van der Waals surface area contributed by atoms with E-state index in [0.717, 1.165) is 13.1 Å². The van der Waals surface area contributed by atoms with Gasteiger partial charge in [-0.1, -0.05) is 0 Å². The SMILES string of the molecule is COC1CNCC1NC(=O)c1cscn1.Cl.Cl. The van der Waals surface area contributed by atoms with Gasteiger partial charge in [-0.2, -0.15) is 0 Å². The van der Waals surface area contributed by atoms with Crippen LogP contribution in [0.2, 0.25) is 0 Å². The van der Waals surface area contributed by atoms with Crippen LogP contribution in [-0.2, 0) is 4.74 Å². The Morgan fingerprint density at radius 1 is 1.59 bits per heavy atom. The summed E-state index contributed by atoms with van der Waals surface area (Å²) in [7, 11) is 1.65. The highest BCUT2D eigenvalue weighted by Gasteiger charge is 2.28. The maximum absolute atomic E-state index is 11.7. The minimum absolute atomic E-state index is 0. The summed E-state index contributed by atoms with van der Waals surface area (Å²) >= 11 is 1.41. The van der Waals surface area contributed by atoms with E-state index < -0.39 is 0 Å². The molecule has 2 N–H and O–H groups in total. The first-order valence-electron chi connectivity index (χ1n) is 4.74. The highest BCUT2D eigenvalue weighted by Crippen LogP contribution is 2.06. The fraction of sp³-hybridized carbons (Fsp3) is 0.556. The predicted octanol–water partition coefficient (Wildman–Crippen LogP) is 0.703. The van der Waals surface area contributed by atoms with Gasteiger partial charge in [-0.3, -0.25) is 4.79 Å². The molecule has 0 saturated carbocycles. The third-order valence-electron chi connectivity index (χ3n) is 2.44. The van der Waals surface area contributed by atoms with E-state index in [4.69, 9.17) is 4.74 Å². The largest absolute Gasteiger partial charge is 0.378 e. The van der Waals surface area contributed by atoms with E-state index in [1.807, 2.05) is 0 Å². The van der Waals surface area contributed by atoms with Crippen molar-refractivity contribution in [3.05, 3.63) is 16.6 Å². The lowest BCUT2D eigenvalue weighted by atomic mass is 10.2. The van der Waals surface area contributed by atoms with Gasteiger partial charge in [0.05, 0.1) is 17.7 Å². The molecule has 2 heterocycles. The number of nitrogens with zero attached hydrogens (tertiary/aromatic N) is 1. The number of methoxy groups -OCH3 is 1. The molecule has 98 valence electrons. The number of amides is 1. The van der Waals surface area contributed by atoms with Gasteiger partial charge in [0.1, 0.15) is 5.69 Å². The van der Waals surface area contributed by atoms with Gasteiger partial charge in [0, 0.05) is 25.6 Å². The van der Waals surface area contributed by atoms with Crippen molar-refractivity contribution in [1.29, 1.82) is 0 Å². The highest BCUT2D eigenvalue weighted by atomic mass is 35.5. The number of hydrogen-bond acceptors (Lipinski definition) is 5. The van der Waals surface area contributed by atoms with Crippen molar-refractivity contribution in [3.8, 4) is 0 Å². The summed E-state index contributed by atoms with van der Waals surface area (Å²) in [5.74, 6) is -0.132. The van der Waals surface area contributed by atoms with E-state index in [9.17, 15) is 4.79 Å². The fourth-order valence-corrected chi connectivity index (χ4v) is 2.15. The summed E-state index contributed by atoms with van der Waals surface area (Å²) in [4.78, 5) is 15.6. The van der Waals surface area contributed by atoms with Crippen molar-refractivity contribution < 1.29 is 9.53 Å². The second-order valence-electron chi connectivity index (χ2n) is 3.39. The standard InChI is InChI=1S/C9H13N3O2S.2ClH/c1-14-8-3-10-2-6(8)12-9(13)7-4-15-5-11-7;;/h4-6,8,10H,2-3H2,1H3,(H,12,13);2*1H. The topological polar surface area (TPSA) is 63.2 Å². The zero-order valence-corrected chi connectivity index (χ0v) is 11.7. The molecule has 0 radical (unpaired) electrons. The molecule has 0 bridgehead atoms. The molecule has 5 nitrogen and oxygen atoms in total. The summed E-state index contributed by atoms with van der Waals surface area (Å²) in [6.07, 6.45) is 0.0487. The van der Waals surface area contributed by atoms with Crippen molar-refractivity contribution in [2.45, 2.75) is 12.1 Å². The first kappa shape index (κ1) is 16.6. The molecule has 0 aromatic carbocycles. The summed E-state index contributed by atoms with van der Waals surface area (Å²) in [6, 6.07) is 0.0317. The van der Waals surface area contributed by atoms with Gasteiger partial charge in [-0.15, -0.1) is 36.2 Å². The quantitative estimate of drug-likeness (QED) is 0.863. The Morgan fingerprint density at radius 2 is 2.35 bits per heavy atom. The zero-order chi connectivity index (χ0) is 10.7. The number of thiazole rings is 1. The van der Waals surface area contributed by atoms with Gasteiger partial charge in [0.15, 0.2) is 0 Å². The predicted molar refractivity (Wildman–Crippen MR) is 71.5 cm³/mol. The molecule has 1 amide bonds. The van der Waals surface area contributed by atoms with Crippen LogP contribution in [0, 0.1) is 0 Å². The minimum Gasteiger partial charge on any atom is -0.378 e. The first-order chi connectivity index (χ1) is 7.31. The lowest BCUT2D eigenvalue weighted by molar-refractivity contribution is 0.0777.